The quantitative estimate of drug-likeness (QED) is 0.768. The van der Waals surface area contributed by atoms with Gasteiger partial charge in [0, 0.05) is 30.2 Å². The highest BCUT2D eigenvalue weighted by Crippen LogP contribution is 2.30. The summed E-state index contributed by atoms with van der Waals surface area (Å²) in [4.78, 5) is 19.5. The molecule has 0 radical (unpaired) electrons. The number of fused-ring (bicyclic) bond motifs is 1. The van der Waals surface area contributed by atoms with Gasteiger partial charge in [-0.05, 0) is 43.5 Å². The minimum Gasteiger partial charge on any atom is -0.352 e. The van der Waals surface area contributed by atoms with Gasteiger partial charge < -0.3 is 10.2 Å². The molecule has 4 rings (SSSR count). The number of amides is 1. The van der Waals surface area contributed by atoms with Crippen molar-refractivity contribution in [3.63, 3.8) is 0 Å². The Morgan fingerprint density at radius 3 is 2.67 bits per heavy atom. The van der Waals surface area contributed by atoms with Crippen LogP contribution in [-0.4, -0.2) is 42.5 Å². The van der Waals surface area contributed by atoms with E-state index in [4.69, 9.17) is 0 Å². The second kappa shape index (κ2) is 7.45. The Labute approximate surface area is 158 Å². The zero-order valence-electron chi connectivity index (χ0n) is 15.3. The number of nitrogens with one attached hydrogen (secondary N) is 1. The SMILES string of the molecule is CN1CCC(CNC(=O)c2cnc(-c3ccccc3F)c3ccccc23)C1. The summed E-state index contributed by atoms with van der Waals surface area (Å²) < 4.78 is 14.3. The minimum absolute atomic E-state index is 0.131. The third kappa shape index (κ3) is 3.55. The van der Waals surface area contributed by atoms with Gasteiger partial charge in [0.15, 0.2) is 0 Å². The van der Waals surface area contributed by atoms with Gasteiger partial charge in [-0.15, -0.1) is 0 Å². The molecule has 27 heavy (non-hydrogen) atoms. The molecule has 4 nitrogen and oxygen atoms in total. The molecular formula is C22H22FN3O. The molecule has 5 heteroatoms. The molecule has 2 heterocycles. The van der Waals surface area contributed by atoms with Gasteiger partial charge in [-0.25, -0.2) is 4.39 Å². The summed E-state index contributed by atoms with van der Waals surface area (Å²) in [5, 5.41) is 4.60. The van der Waals surface area contributed by atoms with Crippen molar-refractivity contribution in [2.75, 3.05) is 26.7 Å². The molecule has 2 aromatic carbocycles. The van der Waals surface area contributed by atoms with E-state index < -0.39 is 0 Å². The highest BCUT2D eigenvalue weighted by atomic mass is 19.1. The number of hydrogen-bond acceptors (Lipinski definition) is 3. The number of likely N-dealkylation sites (tertiary alicyclic amines) is 1. The van der Waals surface area contributed by atoms with Crippen LogP contribution in [0, 0.1) is 11.7 Å². The van der Waals surface area contributed by atoms with E-state index in [1.54, 1.807) is 24.4 Å². The number of benzene rings is 2. The van der Waals surface area contributed by atoms with E-state index in [-0.39, 0.29) is 11.7 Å². The van der Waals surface area contributed by atoms with E-state index in [0.717, 1.165) is 30.3 Å². The van der Waals surface area contributed by atoms with Gasteiger partial charge in [-0.2, -0.15) is 0 Å². The molecule has 1 fully saturated rings. The van der Waals surface area contributed by atoms with Crippen molar-refractivity contribution >= 4 is 16.7 Å². The van der Waals surface area contributed by atoms with Crippen molar-refractivity contribution in [2.45, 2.75) is 6.42 Å². The summed E-state index contributed by atoms with van der Waals surface area (Å²) in [6.07, 6.45) is 2.65. The van der Waals surface area contributed by atoms with Crippen LogP contribution in [0.25, 0.3) is 22.0 Å². The number of pyridine rings is 1. The van der Waals surface area contributed by atoms with Crippen LogP contribution in [0.4, 0.5) is 4.39 Å². The van der Waals surface area contributed by atoms with E-state index in [0.29, 0.717) is 29.3 Å². The molecule has 1 amide bonds. The lowest BCUT2D eigenvalue weighted by Gasteiger charge is -2.14. The molecule has 1 unspecified atom stereocenters. The summed E-state index contributed by atoms with van der Waals surface area (Å²) in [6.45, 7) is 2.74. The van der Waals surface area contributed by atoms with E-state index in [1.807, 2.05) is 24.3 Å². The molecule has 0 saturated carbocycles. The van der Waals surface area contributed by atoms with Gasteiger partial charge in [0.1, 0.15) is 5.82 Å². The zero-order valence-corrected chi connectivity index (χ0v) is 15.3. The van der Waals surface area contributed by atoms with E-state index in [9.17, 15) is 9.18 Å². The first-order chi connectivity index (χ1) is 13.1. The molecule has 1 aromatic heterocycles. The molecule has 1 aliphatic heterocycles. The van der Waals surface area contributed by atoms with Crippen LogP contribution in [0.15, 0.2) is 54.7 Å². The van der Waals surface area contributed by atoms with Gasteiger partial charge in [0.05, 0.1) is 11.3 Å². The van der Waals surface area contributed by atoms with Crippen LogP contribution in [0.3, 0.4) is 0 Å². The molecule has 1 atom stereocenters. The fourth-order valence-electron chi connectivity index (χ4n) is 3.77. The summed E-state index contributed by atoms with van der Waals surface area (Å²) >= 11 is 0. The second-order valence-electron chi connectivity index (χ2n) is 7.17. The number of carbonyl (C=O) groups excluding carboxylic acids is 1. The van der Waals surface area contributed by atoms with Crippen LogP contribution >= 0.6 is 0 Å². The van der Waals surface area contributed by atoms with Gasteiger partial charge in [0.25, 0.3) is 5.91 Å². The maximum Gasteiger partial charge on any atom is 0.253 e. The van der Waals surface area contributed by atoms with Crippen molar-refractivity contribution in [3.8, 4) is 11.3 Å². The Bertz CT molecular complexity index is 988. The summed E-state index contributed by atoms with van der Waals surface area (Å²) in [5.41, 5.74) is 1.52. The maximum absolute atomic E-state index is 14.3. The number of aromatic nitrogens is 1. The van der Waals surface area contributed by atoms with Crippen molar-refractivity contribution in [3.05, 3.63) is 66.1 Å². The normalized spacial score (nSPS) is 17.3. The lowest BCUT2D eigenvalue weighted by Crippen LogP contribution is -2.30. The summed E-state index contributed by atoms with van der Waals surface area (Å²) in [5.74, 6) is 0.0295. The van der Waals surface area contributed by atoms with Crippen molar-refractivity contribution in [2.24, 2.45) is 5.92 Å². The third-order valence-electron chi connectivity index (χ3n) is 5.21. The van der Waals surface area contributed by atoms with Gasteiger partial charge in [-0.3, -0.25) is 9.78 Å². The van der Waals surface area contributed by atoms with Crippen LogP contribution in [0.2, 0.25) is 0 Å². The Kier molecular flexibility index (Phi) is 4.86. The highest BCUT2D eigenvalue weighted by Gasteiger charge is 2.21. The van der Waals surface area contributed by atoms with E-state index in [1.165, 1.54) is 6.07 Å². The van der Waals surface area contributed by atoms with Crippen molar-refractivity contribution < 1.29 is 9.18 Å². The molecule has 1 saturated heterocycles. The predicted molar refractivity (Wildman–Crippen MR) is 105 cm³/mol. The van der Waals surface area contributed by atoms with Crippen LogP contribution < -0.4 is 5.32 Å². The first-order valence-electron chi connectivity index (χ1n) is 9.23. The Morgan fingerprint density at radius 2 is 1.93 bits per heavy atom. The molecule has 0 spiro atoms. The highest BCUT2D eigenvalue weighted by molar-refractivity contribution is 6.09. The molecule has 138 valence electrons. The number of carbonyl (C=O) groups is 1. The van der Waals surface area contributed by atoms with Crippen LogP contribution in [0.5, 0.6) is 0 Å². The number of hydrogen-bond donors (Lipinski definition) is 1. The first kappa shape index (κ1) is 17.6. The van der Waals surface area contributed by atoms with E-state index in [2.05, 4.69) is 22.2 Å². The van der Waals surface area contributed by atoms with Crippen molar-refractivity contribution in [1.29, 1.82) is 0 Å². The lowest BCUT2D eigenvalue weighted by atomic mass is 10.00. The molecule has 3 aromatic rings. The third-order valence-corrected chi connectivity index (χ3v) is 5.21. The number of nitrogens with zero attached hydrogens (tertiary/aromatic N) is 2. The summed E-state index contributed by atoms with van der Waals surface area (Å²) in [7, 11) is 2.10. The van der Waals surface area contributed by atoms with E-state index >= 15 is 0 Å². The molecule has 1 aliphatic rings. The zero-order chi connectivity index (χ0) is 18.8. The van der Waals surface area contributed by atoms with Crippen LogP contribution in [-0.2, 0) is 0 Å². The van der Waals surface area contributed by atoms with Crippen LogP contribution in [0.1, 0.15) is 16.8 Å². The monoisotopic (exact) mass is 363 g/mol. The second-order valence-corrected chi connectivity index (χ2v) is 7.17. The smallest absolute Gasteiger partial charge is 0.253 e. The van der Waals surface area contributed by atoms with Crippen molar-refractivity contribution in [1.82, 2.24) is 15.2 Å². The molecular weight excluding hydrogens is 341 g/mol. The topological polar surface area (TPSA) is 45.2 Å². The van der Waals surface area contributed by atoms with Gasteiger partial charge in [0.2, 0.25) is 0 Å². The first-order valence-corrected chi connectivity index (χ1v) is 9.23. The average Bonchev–Trinajstić information content (AvgIpc) is 3.11. The average molecular weight is 363 g/mol. The molecule has 0 bridgehead atoms. The largest absolute Gasteiger partial charge is 0.352 e. The van der Waals surface area contributed by atoms with Gasteiger partial charge in [-0.1, -0.05) is 36.4 Å². The predicted octanol–water partition coefficient (Wildman–Crippen LogP) is 3.72. The molecule has 0 aliphatic carbocycles. The standard InChI is InChI=1S/C22H22FN3O/c1-26-11-10-15(14-26)12-25-22(27)19-13-24-21(17-7-3-2-6-16(17)19)18-8-4-5-9-20(18)23/h2-9,13,15H,10-12,14H2,1H3,(H,25,27). The number of rotatable bonds is 4. The van der Waals surface area contributed by atoms with Gasteiger partial charge >= 0.3 is 0 Å². The Balaban J connectivity index is 1.66. The fraction of sp³-hybridized carbons (Fsp3) is 0.273. The summed E-state index contributed by atoms with van der Waals surface area (Å²) in [6, 6.07) is 14.1. The molecule has 1 N–H and O–H groups in total. The fourth-order valence-corrected chi connectivity index (χ4v) is 3.77. The maximum atomic E-state index is 14.3. The lowest BCUT2D eigenvalue weighted by molar-refractivity contribution is 0.0949. The minimum atomic E-state index is -0.322. The Morgan fingerprint density at radius 1 is 1.19 bits per heavy atom. The number of halogens is 1. The Hall–Kier alpha value is -2.79.